The standard InChI is InChI=1S/C31H31N3O/c35-31(33-29(24-17-18-24)22-11-3-1-4-12-22)28-25-15-7-8-16-27(25)32-30(23-13-5-2-6-14-23)26(28)21-34-19-9-10-20-34/h1-8,11-16,24,29H,9-10,17-21H2,(H,33,35). The monoisotopic (exact) mass is 461 g/mol. The lowest BCUT2D eigenvalue weighted by Crippen LogP contribution is -2.32. The Morgan fingerprint density at radius 1 is 0.886 bits per heavy atom. The molecule has 176 valence electrons. The Morgan fingerprint density at radius 3 is 2.26 bits per heavy atom. The number of hydrogen-bond acceptors (Lipinski definition) is 3. The Balaban J connectivity index is 1.49. The minimum Gasteiger partial charge on any atom is -0.345 e. The summed E-state index contributed by atoms with van der Waals surface area (Å²) in [7, 11) is 0. The molecule has 4 nitrogen and oxygen atoms in total. The van der Waals surface area contributed by atoms with Crippen LogP contribution in [0.15, 0.2) is 84.9 Å². The lowest BCUT2D eigenvalue weighted by atomic mass is 9.94. The second-order valence-electron chi connectivity index (χ2n) is 9.88. The van der Waals surface area contributed by atoms with Gasteiger partial charge in [0.2, 0.25) is 0 Å². The summed E-state index contributed by atoms with van der Waals surface area (Å²) in [6, 6.07) is 28.9. The fourth-order valence-electron chi connectivity index (χ4n) is 5.44. The quantitative estimate of drug-likeness (QED) is 0.347. The van der Waals surface area contributed by atoms with Crippen LogP contribution >= 0.6 is 0 Å². The molecule has 0 bridgehead atoms. The topological polar surface area (TPSA) is 45.2 Å². The van der Waals surface area contributed by atoms with Crippen LogP contribution in [-0.2, 0) is 6.54 Å². The molecule has 4 heteroatoms. The molecule has 3 aromatic carbocycles. The Morgan fingerprint density at radius 2 is 1.54 bits per heavy atom. The molecule has 2 fully saturated rings. The normalized spacial score (nSPS) is 16.9. The first-order valence-electron chi connectivity index (χ1n) is 12.8. The van der Waals surface area contributed by atoms with Crippen LogP contribution in [0.4, 0.5) is 0 Å². The van der Waals surface area contributed by atoms with E-state index in [0.717, 1.165) is 65.8 Å². The van der Waals surface area contributed by atoms with Crippen molar-refractivity contribution in [3.8, 4) is 11.3 Å². The predicted molar refractivity (Wildman–Crippen MR) is 141 cm³/mol. The SMILES string of the molecule is O=C(NC(c1ccccc1)C1CC1)c1c(CN2CCCC2)c(-c2ccccc2)nc2ccccc12. The van der Waals surface area contributed by atoms with Crippen molar-refractivity contribution in [1.29, 1.82) is 0 Å². The van der Waals surface area contributed by atoms with Gasteiger partial charge in [-0.15, -0.1) is 0 Å². The Kier molecular flexibility index (Phi) is 6.05. The van der Waals surface area contributed by atoms with Crippen LogP contribution in [0.3, 0.4) is 0 Å². The molecule has 1 aromatic heterocycles. The zero-order valence-corrected chi connectivity index (χ0v) is 20.0. The van der Waals surface area contributed by atoms with Gasteiger partial charge in [0.25, 0.3) is 5.91 Å². The summed E-state index contributed by atoms with van der Waals surface area (Å²) in [5, 5.41) is 4.39. The minimum atomic E-state index is 0.00994. The number of pyridine rings is 1. The average Bonchev–Trinajstić information content (AvgIpc) is 3.62. The van der Waals surface area contributed by atoms with Gasteiger partial charge in [-0.25, -0.2) is 4.98 Å². The summed E-state index contributed by atoms with van der Waals surface area (Å²) in [6.07, 6.45) is 4.74. The molecule has 1 aliphatic carbocycles. The molecule has 1 aliphatic heterocycles. The van der Waals surface area contributed by atoms with E-state index in [2.05, 4.69) is 46.6 Å². The summed E-state index contributed by atoms with van der Waals surface area (Å²) < 4.78 is 0. The number of para-hydroxylation sites is 1. The molecular formula is C31H31N3O. The zero-order chi connectivity index (χ0) is 23.6. The number of nitrogens with one attached hydrogen (secondary N) is 1. The summed E-state index contributed by atoms with van der Waals surface area (Å²) in [5.74, 6) is 0.515. The van der Waals surface area contributed by atoms with E-state index in [0.29, 0.717) is 5.92 Å². The molecule has 0 radical (unpaired) electrons. The fraction of sp³-hybridized carbons (Fsp3) is 0.290. The number of likely N-dealkylation sites (tertiary alicyclic amines) is 1. The van der Waals surface area contributed by atoms with Crippen LogP contribution < -0.4 is 5.32 Å². The first kappa shape index (κ1) is 22.0. The van der Waals surface area contributed by atoms with Crippen molar-refractivity contribution in [2.45, 2.75) is 38.3 Å². The highest BCUT2D eigenvalue weighted by atomic mass is 16.1. The third-order valence-electron chi connectivity index (χ3n) is 7.39. The number of aromatic nitrogens is 1. The Bertz CT molecular complexity index is 1330. The number of rotatable bonds is 7. The summed E-state index contributed by atoms with van der Waals surface area (Å²) in [5.41, 5.74) is 5.85. The second-order valence-corrected chi connectivity index (χ2v) is 9.88. The maximum absolute atomic E-state index is 14.2. The summed E-state index contributed by atoms with van der Waals surface area (Å²) >= 11 is 0. The first-order chi connectivity index (χ1) is 17.3. The van der Waals surface area contributed by atoms with Gasteiger partial charge in [0.1, 0.15) is 0 Å². The van der Waals surface area contributed by atoms with Crippen LogP contribution in [0.25, 0.3) is 22.2 Å². The molecule has 2 aliphatic rings. The third-order valence-corrected chi connectivity index (χ3v) is 7.39. The predicted octanol–water partition coefficient (Wildman–Crippen LogP) is 6.38. The first-order valence-corrected chi connectivity index (χ1v) is 12.8. The van der Waals surface area contributed by atoms with Crippen LogP contribution in [0.5, 0.6) is 0 Å². The zero-order valence-electron chi connectivity index (χ0n) is 20.0. The van der Waals surface area contributed by atoms with Crippen molar-refractivity contribution >= 4 is 16.8 Å². The van der Waals surface area contributed by atoms with Gasteiger partial charge in [-0.1, -0.05) is 78.9 Å². The highest BCUT2D eigenvalue weighted by molar-refractivity contribution is 6.09. The molecule has 1 amide bonds. The number of carbonyl (C=O) groups is 1. The smallest absolute Gasteiger partial charge is 0.252 e. The molecule has 1 saturated carbocycles. The van der Waals surface area contributed by atoms with E-state index in [4.69, 9.17) is 4.98 Å². The van der Waals surface area contributed by atoms with Gasteiger partial charge >= 0.3 is 0 Å². The highest BCUT2D eigenvalue weighted by Crippen LogP contribution is 2.41. The van der Waals surface area contributed by atoms with Crippen LogP contribution in [-0.4, -0.2) is 28.9 Å². The Labute approximate surface area is 207 Å². The number of hydrogen-bond donors (Lipinski definition) is 1. The minimum absolute atomic E-state index is 0.00994. The number of benzene rings is 3. The average molecular weight is 462 g/mol. The second kappa shape index (κ2) is 9.63. The van der Waals surface area contributed by atoms with Gasteiger partial charge in [0.05, 0.1) is 22.8 Å². The van der Waals surface area contributed by atoms with Crippen molar-refractivity contribution in [2.24, 2.45) is 5.92 Å². The van der Waals surface area contributed by atoms with Crippen LogP contribution in [0.1, 0.15) is 53.2 Å². The lowest BCUT2D eigenvalue weighted by molar-refractivity contribution is 0.0931. The van der Waals surface area contributed by atoms with E-state index in [1.165, 1.54) is 18.4 Å². The largest absolute Gasteiger partial charge is 0.345 e. The van der Waals surface area contributed by atoms with E-state index in [-0.39, 0.29) is 11.9 Å². The van der Waals surface area contributed by atoms with E-state index in [9.17, 15) is 4.79 Å². The fourth-order valence-corrected chi connectivity index (χ4v) is 5.44. The van der Waals surface area contributed by atoms with Gasteiger partial charge in [0.15, 0.2) is 0 Å². The van der Waals surface area contributed by atoms with Gasteiger partial charge in [-0.05, 0) is 56.3 Å². The van der Waals surface area contributed by atoms with Crippen LogP contribution in [0.2, 0.25) is 0 Å². The van der Waals surface area contributed by atoms with E-state index in [1.807, 2.05) is 48.5 Å². The Hall–Kier alpha value is -3.50. The van der Waals surface area contributed by atoms with Crippen molar-refractivity contribution in [2.75, 3.05) is 13.1 Å². The van der Waals surface area contributed by atoms with Gasteiger partial charge in [-0.3, -0.25) is 9.69 Å². The molecule has 35 heavy (non-hydrogen) atoms. The van der Waals surface area contributed by atoms with Crippen LogP contribution in [0, 0.1) is 5.92 Å². The van der Waals surface area contributed by atoms with Crippen molar-refractivity contribution in [3.05, 3.63) is 102 Å². The lowest BCUT2D eigenvalue weighted by Gasteiger charge is -2.24. The molecule has 4 aromatic rings. The number of carbonyl (C=O) groups excluding carboxylic acids is 1. The van der Waals surface area contributed by atoms with E-state index < -0.39 is 0 Å². The molecule has 1 saturated heterocycles. The third kappa shape index (κ3) is 4.59. The highest BCUT2D eigenvalue weighted by Gasteiger charge is 2.34. The van der Waals surface area contributed by atoms with E-state index >= 15 is 0 Å². The number of nitrogens with zero attached hydrogens (tertiary/aromatic N) is 2. The molecule has 1 unspecified atom stereocenters. The molecular weight excluding hydrogens is 430 g/mol. The van der Waals surface area contributed by atoms with Gasteiger partial charge < -0.3 is 5.32 Å². The van der Waals surface area contributed by atoms with E-state index in [1.54, 1.807) is 0 Å². The van der Waals surface area contributed by atoms with Crippen molar-refractivity contribution < 1.29 is 4.79 Å². The maximum Gasteiger partial charge on any atom is 0.252 e. The molecule has 0 spiro atoms. The number of amides is 1. The summed E-state index contributed by atoms with van der Waals surface area (Å²) in [6.45, 7) is 2.87. The van der Waals surface area contributed by atoms with Gasteiger partial charge in [0, 0.05) is 23.1 Å². The summed E-state index contributed by atoms with van der Waals surface area (Å²) in [4.78, 5) is 21.8. The molecule has 1 N–H and O–H groups in total. The van der Waals surface area contributed by atoms with Crippen molar-refractivity contribution in [1.82, 2.24) is 15.2 Å². The molecule has 2 heterocycles. The molecule has 1 atom stereocenters. The molecule has 6 rings (SSSR count). The van der Waals surface area contributed by atoms with Gasteiger partial charge in [-0.2, -0.15) is 0 Å². The van der Waals surface area contributed by atoms with Crippen molar-refractivity contribution in [3.63, 3.8) is 0 Å². The number of fused-ring (bicyclic) bond motifs is 1. The maximum atomic E-state index is 14.2.